The molecule has 0 aromatic heterocycles. The number of aryl methyl sites for hydroxylation is 1. The van der Waals surface area contributed by atoms with Gasteiger partial charge in [-0.25, -0.2) is 0 Å². The number of aliphatic hydroxyl groups excluding tert-OH is 3. The second-order valence-corrected chi connectivity index (χ2v) is 14.1. The summed E-state index contributed by atoms with van der Waals surface area (Å²) in [6, 6.07) is 10.4. The van der Waals surface area contributed by atoms with Crippen LogP contribution in [-0.2, 0) is 26.2 Å². The van der Waals surface area contributed by atoms with Gasteiger partial charge in [-0.1, -0.05) is 24.3 Å². The zero-order chi connectivity index (χ0) is 39.9. The number of ketones is 4. The highest BCUT2D eigenvalue weighted by atomic mass is 16.6. The molecular formula is C39H38N2O14. The Morgan fingerprint density at radius 3 is 2.33 bits per heavy atom. The van der Waals surface area contributed by atoms with Gasteiger partial charge in [-0.3, -0.25) is 29.0 Å². The third-order valence-electron chi connectivity index (χ3n) is 11.2. The lowest BCUT2D eigenvalue weighted by atomic mass is 9.56. The number of fused-ring (bicyclic) bond motifs is 5. The number of amides is 1. The number of phenols is 2. The number of methoxy groups -OCH3 is 2. The molecule has 16 nitrogen and oxygen atoms in total. The molecule has 3 aliphatic carbocycles. The lowest BCUT2D eigenvalue weighted by Crippen LogP contribution is -2.73. The lowest BCUT2D eigenvalue weighted by Gasteiger charge is -2.53. The van der Waals surface area contributed by atoms with Gasteiger partial charge in [-0.15, -0.1) is 0 Å². The molecule has 1 fully saturated rings. The summed E-state index contributed by atoms with van der Waals surface area (Å²) in [7, 11) is 2.27. The highest BCUT2D eigenvalue weighted by molar-refractivity contribution is 6.53. The van der Waals surface area contributed by atoms with E-state index in [4.69, 9.17) is 14.2 Å². The molecule has 4 aliphatic rings. The van der Waals surface area contributed by atoms with Gasteiger partial charge in [0, 0.05) is 43.0 Å². The number of rotatable bonds is 6. The van der Waals surface area contributed by atoms with Crippen LogP contribution in [-0.4, -0.2) is 122 Å². The fourth-order valence-corrected chi connectivity index (χ4v) is 8.59. The number of ether oxygens (including phenoxy) is 3. The SMILES string of the molecule is CO[C@@H]1[C@@H](O)[C@@H](CO)[C@@H](N=C2CC(=O)c3c(cc4c(c3O)C(=O)[C@]3(OC)[C@H](O)Cc5cc(C)c(C(=O)Nc6ccccc6)c(O)c5[C@]3(O)C4=O)C2=O)O[C@H]1C. The maximum absolute atomic E-state index is 14.8. The van der Waals surface area contributed by atoms with Crippen molar-refractivity contribution < 1.29 is 68.8 Å². The van der Waals surface area contributed by atoms with Crippen molar-refractivity contribution >= 4 is 40.4 Å². The van der Waals surface area contributed by atoms with Crippen molar-refractivity contribution in [2.45, 2.75) is 68.5 Å². The summed E-state index contributed by atoms with van der Waals surface area (Å²) in [5.41, 5.74) is -9.74. The van der Waals surface area contributed by atoms with Crippen molar-refractivity contribution in [1.29, 1.82) is 0 Å². The van der Waals surface area contributed by atoms with Gasteiger partial charge in [0.05, 0.1) is 59.7 Å². The van der Waals surface area contributed by atoms with E-state index < -0.39 is 141 Å². The molecule has 3 aromatic carbocycles. The third kappa shape index (κ3) is 5.24. The fourth-order valence-electron chi connectivity index (χ4n) is 8.59. The number of aliphatic imine (C=N–C) groups is 1. The van der Waals surface area contributed by atoms with E-state index in [0.717, 1.165) is 13.2 Å². The molecule has 0 saturated carbocycles. The number of hydrogen-bond donors (Lipinski definition) is 7. The molecule has 288 valence electrons. The van der Waals surface area contributed by atoms with Gasteiger partial charge < -0.3 is 50.2 Å². The Labute approximate surface area is 313 Å². The van der Waals surface area contributed by atoms with Gasteiger partial charge in [0.2, 0.25) is 17.3 Å². The van der Waals surface area contributed by atoms with Crippen molar-refractivity contribution in [3.63, 3.8) is 0 Å². The van der Waals surface area contributed by atoms with E-state index in [1.807, 2.05) is 0 Å². The molecule has 1 heterocycles. The van der Waals surface area contributed by atoms with Gasteiger partial charge in [0.25, 0.3) is 5.91 Å². The van der Waals surface area contributed by atoms with Gasteiger partial charge in [-0.2, -0.15) is 0 Å². The summed E-state index contributed by atoms with van der Waals surface area (Å²) in [6.45, 7) is 2.44. The van der Waals surface area contributed by atoms with Gasteiger partial charge in [0.1, 0.15) is 17.6 Å². The van der Waals surface area contributed by atoms with Crippen molar-refractivity contribution in [3.05, 3.63) is 87.0 Å². The standard InChI is InChI=1S/C39H38N2O14/c1-15-10-17-11-24(44)39(54-4)35(50)27-20(34(49)38(39,52)28(17)32(48)25(15)36(51)40-18-8-6-5-7-9-18)12-19-26(31(27)47)23(43)13-22(29(19)45)41-37-21(14-42)30(46)33(53-3)16(2)55-37/h5-10,12,16,21,24,30,33,37,42,44,46-48,52H,11,13-14H2,1-4H3,(H,40,51)/t16-,21+,24+,30-,33-,37-,38-,39+/m0/s1. The average Bonchev–Trinajstić information content (AvgIpc) is 3.13. The molecule has 55 heavy (non-hydrogen) atoms. The Hall–Kier alpha value is -5.20. The predicted octanol–water partition coefficient (Wildman–Crippen LogP) is 1.17. The van der Waals surface area contributed by atoms with E-state index >= 15 is 0 Å². The minimum Gasteiger partial charge on any atom is -0.507 e. The van der Waals surface area contributed by atoms with Crippen LogP contribution in [0, 0.1) is 12.8 Å². The Kier molecular flexibility index (Phi) is 9.37. The molecule has 1 aliphatic heterocycles. The lowest BCUT2D eigenvalue weighted by molar-refractivity contribution is -0.206. The molecule has 16 heteroatoms. The molecule has 8 atom stereocenters. The Bertz CT molecular complexity index is 2220. The van der Waals surface area contributed by atoms with E-state index in [0.29, 0.717) is 5.69 Å². The number of carbonyl (C=O) groups is 5. The number of aliphatic hydroxyl groups is 4. The first kappa shape index (κ1) is 38.1. The number of phenolic OH excluding ortho intramolecular Hbond substituents is 2. The van der Waals surface area contributed by atoms with Crippen molar-refractivity contribution in [1.82, 2.24) is 0 Å². The van der Waals surface area contributed by atoms with E-state index in [1.165, 1.54) is 20.1 Å². The first-order chi connectivity index (χ1) is 26.1. The maximum Gasteiger partial charge on any atom is 0.259 e. The molecule has 0 radical (unpaired) electrons. The summed E-state index contributed by atoms with van der Waals surface area (Å²) in [4.78, 5) is 74.9. The zero-order valence-electron chi connectivity index (χ0n) is 30.0. The molecule has 0 spiro atoms. The number of benzene rings is 3. The molecule has 1 saturated heterocycles. The average molecular weight is 759 g/mol. The first-order valence-electron chi connectivity index (χ1n) is 17.4. The zero-order valence-corrected chi connectivity index (χ0v) is 30.0. The van der Waals surface area contributed by atoms with Crippen LogP contribution in [0.2, 0.25) is 0 Å². The minimum atomic E-state index is -3.26. The number of nitrogens with one attached hydrogen (secondary N) is 1. The van der Waals surface area contributed by atoms with Crippen LogP contribution in [0.5, 0.6) is 11.5 Å². The van der Waals surface area contributed by atoms with Crippen molar-refractivity contribution in [2.24, 2.45) is 10.9 Å². The normalized spacial score (nSPS) is 30.7. The number of para-hydroxylation sites is 1. The topological polar surface area (TPSA) is 259 Å². The third-order valence-corrected chi connectivity index (χ3v) is 11.2. The fraction of sp³-hybridized carbons (Fsp3) is 0.385. The first-order valence-corrected chi connectivity index (χ1v) is 17.4. The quantitative estimate of drug-likeness (QED) is 0.186. The molecule has 0 bridgehead atoms. The van der Waals surface area contributed by atoms with Gasteiger partial charge in [-0.05, 0) is 43.2 Å². The Morgan fingerprint density at radius 1 is 1.00 bits per heavy atom. The molecular weight excluding hydrogens is 720 g/mol. The number of anilines is 1. The number of aromatic hydroxyl groups is 2. The highest BCUT2D eigenvalue weighted by Gasteiger charge is 2.72. The van der Waals surface area contributed by atoms with Crippen LogP contribution in [0.4, 0.5) is 5.69 Å². The Morgan fingerprint density at radius 2 is 1.69 bits per heavy atom. The largest absolute Gasteiger partial charge is 0.507 e. The molecule has 7 rings (SSSR count). The summed E-state index contributed by atoms with van der Waals surface area (Å²) in [5.74, 6) is -8.46. The van der Waals surface area contributed by atoms with Crippen LogP contribution in [0.3, 0.4) is 0 Å². The van der Waals surface area contributed by atoms with Gasteiger partial charge in [0.15, 0.2) is 23.2 Å². The summed E-state index contributed by atoms with van der Waals surface area (Å²) >= 11 is 0. The van der Waals surface area contributed by atoms with E-state index in [-0.39, 0.29) is 16.7 Å². The van der Waals surface area contributed by atoms with Crippen LogP contribution < -0.4 is 5.32 Å². The van der Waals surface area contributed by atoms with Crippen molar-refractivity contribution in [3.8, 4) is 11.5 Å². The highest BCUT2D eigenvalue weighted by Crippen LogP contribution is 2.56. The second kappa shape index (κ2) is 13.5. The molecule has 7 N–H and O–H groups in total. The van der Waals surface area contributed by atoms with Crippen LogP contribution in [0.15, 0.2) is 47.5 Å². The molecule has 1 amide bonds. The predicted molar refractivity (Wildman–Crippen MR) is 190 cm³/mol. The monoisotopic (exact) mass is 758 g/mol. The van der Waals surface area contributed by atoms with Crippen LogP contribution >= 0.6 is 0 Å². The van der Waals surface area contributed by atoms with Gasteiger partial charge >= 0.3 is 0 Å². The van der Waals surface area contributed by atoms with Crippen molar-refractivity contribution in [2.75, 3.05) is 26.1 Å². The summed E-state index contributed by atoms with van der Waals surface area (Å²) in [5, 5.41) is 71.1. The number of hydrogen-bond acceptors (Lipinski definition) is 15. The Balaban J connectivity index is 1.38. The number of carbonyl (C=O) groups excluding carboxylic acids is 5. The minimum absolute atomic E-state index is 0.000519. The summed E-state index contributed by atoms with van der Waals surface area (Å²) in [6.07, 6.45) is -7.31. The maximum atomic E-state index is 14.8. The summed E-state index contributed by atoms with van der Waals surface area (Å²) < 4.78 is 16.7. The van der Waals surface area contributed by atoms with Crippen LogP contribution in [0.25, 0.3) is 0 Å². The number of Topliss-reactive ketones (excluding diaryl/α,β-unsaturated/α-hetero) is 4. The van der Waals surface area contributed by atoms with E-state index in [9.17, 15) is 54.6 Å². The van der Waals surface area contributed by atoms with Crippen LogP contribution in [0.1, 0.15) is 81.8 Å². The second-order valence-electron chi connectivity index (χ2n) is 14.1. The van der Waals surface area contributed by atoms with E-state index in [2.05, 4.69) is 10.3 Å². The number of nitrogens with zero attached hydrogens (tertiary/aromatic N) is 1. The smallest absolute Gasteiger partial charge is 0.259 e. The van der Waals surface area contributed by atoms with E-state index in [1.54, 1.807) is 37.3 Å². The molecule has 0 unspecified atom stereocenters. The molecule has 3 aromatic rings.